The monoisotopic (exact) mass is 293 g/mol. The van der Waals surface area contributed by atoms with Crippen LogP contribution in [0.5, 0.6) is 0 Å². The van der Waals surface area contributed by atoms with Crippen molar-refractivity contribution in [2.75, 3.05) is 11.9 Å². The van der Waals surface area contributed by atoms with E-state index < -0.39 is 5.82 Å². The Bertz CT molecular complexity index is 506. The van der Waals surface area contributed by atoms with Crippen LogP contribution in [0.25, 0.3) is 0 Å². The van der Waals surface area contributed by atoms with E-state index in [1.165, 1.54) is 12.5 Å². The van der Waals surface area contributed by atoms with Gasteiger partial charge in [0.2, 0.25) is 0 Å². The molecule has 4 nitrogen and oxygen atoms in total. The van der Waals surface area contributed by atoms with Crippen LogP contribution in [0, 0.1) is 17.7 Å². The van der Waals surface area contributed by atoms with Crippen molar-refractivity contribution in [1.29, 1.82) is 0 Å². The van der Waals surface area contributed by atoms with E-state index in [-0.39, 0.29) is 17.5 Å². The maximum Gasteiger partial charge on any atom is 0.255 e. The maximum atomic E-state index is 13.4. The van der Waals surface area contributed by atoms with Crippen molar-refractivity contribution in [3.8, 4) is 0 Å². The Kier molecular flexibility index (Phi) is 5.15. The Morgan fingerprint density at radius 3 is 2.90 bits per heavy atom. The van der Waals surface area contributed by atoms with E-state index in [2.05, 4.69) is 29.5 Å². The molecule has 116 valence electrons. The minimum Gasteiger partial charge on any atom is -0.370 e. The molecule has 0 saturated heterocycles. The number of aromatic nitrogens is 1. The fourth-order valence-electron chi connectivity index (χ4n) is 2.95. The topological polar surface area (TPSA) is 54.0 Å². The van der Waals surface area contributed by atoms with Crippen molar-refractivity contribution >= 4 is 11.7 Å². The van der Waals surface area contributed by atoms with Crippen LogP contribution < -0.4 is 10.6 Å². The molecule has 1 aromatic heterocycles. The van der Waals surface area contributed by atoms with Crippen LogP contribution in [0.15, 0.2) is 12.3 Å². The van der Waals surface area contributed by atoms with E-state index in [0.717, 1.165) is 19.0 Å². The normalized spacial score (nSPS) is 25.4. The zero-order valence-electron chi connectivity index (χ0n) is 12.9. The number of amides is 1. The molecule has 0 aromatic carbocycles. The van der Waals surface area contributed by atoms with E-state index in [1.807, 2.05) is 6.92 Å². The van der Waals surface area contributed by atoms with Crippen LogP contribution in [0.1, 0.15) is 50.4 Å². The highest BCUT2D eigenvalue weighted by Crippen LogP contribution is 2.29. The highest BCUT2D eigenvalue weighted by molar-refractivity contribution is 5.98. The van der Waals surface area contributed by atoms with E-state index in [4.69, 9.17) is 0 Å². The lowest BCUT2D eigenvalue weighted by atomic mass is 9.78. The molecule has 3 atom stereocenters. The zero-order chi connectivity index (χ0) is 15.4. The molecule has 0 bridgehead atoms. The van der Waals surface area contributed by atoms with Gasteiger partial charge in [-0.1, -0.05) is 26.7 Å². The number of halogens is 1. The molecule has 2 N–H and O–H groups in total. The fraction of sp³-hybridized carbons (Fsp3) is 0.625. The molecular weight excluding hydrogens is 269 g/mol. The van der Waals surface area contributed by atoms with Gasteiger partial charge in [-0.2, -0.15) is 0 Å². The van der Waals surface area contributed by atoms with Crippen molar-refractivity contribution in [1.82, 2.24) is 10.3 Å². The molecule has 1 heterocycles. The van der Waals surface area contributed by atoms with Gasteiger partial charge in [0.05, 0.1) is 11.8 Å². The van der Waals surface area contributed by atoms with Crippen molar-refractivity contribution in [2.45, 2.75) is 46.1 Å². The Labute approximate surface area is 125 Å². The lowest BCUT2D eigenvalue weighted by Crippen LogP contribution is -2.43. The summed E-state index contributed by atoms with van der Waals surface area (Å²) in [6, 6.07) is 1.40. The van der Waals surface area contributed by atoms with Gasteiger partial charge in [0.15, 0.2) is 0 Å². The number of anilines is 1. The molecule has 0 radical (unpaired) electrons. The van der Waals surface area contributed by atoms with Gasteiger partial charge >= 0.3 is 0 Å². The average Bonchev–Trinajstić information content (AvgIpc) is 2.46. The number of pyridine rings is 1. The SMILES string of the molecule is CCNc1ncc(F)cc1C(=O)NC1CCCC(C)C1C. The van der Waals surface area contributed by atoms with Gasteiger partial charge < -0.3 is 10.6 Å². The minimum atomic E-state index is -0.494. The highest BCUT2D eigenvalue weighted by atomic mass is 19.1. The van der Waals surface area contributed by atoms with Gasteiger partial charge in [-0.15, -0.1) is 0 Å². The molecule has 21 heavy (non-hydrogen) atoms. The summed E-state index contributed by atoms with van der Waals surface area (Å²) < 4.78 is 13.4. The molecule has 1 saturated carbocycles. The summed E-state index contributed by atoms with van der Waals surface area (Å²) in [4.78, 5) is 16.4. The van der Waals surface area contributed by atoms with E-state index in [1.54, 1.807) is 0 Å². The Morgan fingerprint density at radius 2 is 2.19 bits per heavy atom. The molecule has 3 unspecified atom stereocenters. The molecule has 1 aliphatic carbocycles. The molecule has 1 aliphatic rings. The predicted molar refractivity (Wildman–Crippen MR) is 81.8 cm³/mol. The van der Waals surface area contributed by atoms with Gasteiger partial charge in [-0.05, 0) is 31.2 Å². The van der Waals surface area contributed by atoms with Crippen LogP contribution in [0.4, 0.5) is 10.2 Å². The summed E-state index contributed by atoms with van der Waals surface area (Å²) in [5.41, 5.74) is 0.280. The molecule has 5 heteroatoms. The number of nitrogens with zero attached hydrogens (tertiary/aromatic N) is 1. The molecule has 0 aliphatic heterocycles. The summed E-state index contributed by atoms with van der Waals surface area (Å²) in [6.45, 7) is 6.94. The first kappa shape index (κ1) is 15.7. The summed E-state index contributed by atoms with van der Waals surface area (Å²) in [7, 11) is 0. The largest absolute Gasteiger partial charge is 0.370 e. The summed E-state index contributed by atoms with van der Waals surface area (Å²) in [5, 5.41) is 6.06. The van der Waals surface area contributed by atoms with Crippen molar-refractivity contribution in [3.05, 3.63) is 23.6 Å². The Balaban J connectivity index is 2.14. The van der Waals surface area contributed by atoms with Gasteiger partial charge in [0, 0.05) is 12.6 Å². The second-order valence-electron chi connectivity index (χ2n) is 5.93. The number of hydrogen-bond donors (Lipinski definition) is 2. The molecule has 0 spiro atoms. The minimum absolute atomic E-state index is 0.152. The fourth-order valence-corrected chi connectivity index (χ4v) is 2.95. The average molecular weight is 293 g/mol. The van der Waals surface area contributed by atoms with E-state index in [9.17, 15) is 9.18 Å². The Morgan fingerprint density at radius 1 is 1.43 bits per heavy atom. The van der Waals surface area contributed by atoms with Crippen molar-refractivity contribution in [2.24, 2.45) is 11.8 Å². The number of carbonyl (C=O) groups is 1. The number of nitrogens with one attached hydrogen (secondary N) is 2. The quantitative estimate of drug-likeness (QED) is 0.896. The lowest BCUT2D eigenvalue weighted by Gasteiger charge is -2.34. The predicted octanol–water partition coefficient (Wildman–Crippen LogP) is 3.21. The van der Waals surface area contributed by atoms with Crippen molar-refractivity contribution < 1.29 is 9.18 Å². The van der Waals surface area contributed by atoms with Crippen LogP contribution in [0.2, 0.25) is 0 Å². The zero-order valence-corrected chi connectivity index (χ0v) is 12.9. The summed E-state index contributed by atoms with van der Waals surface area (Å²) in [5.74, 6) is 0.735. The molecular formula is C16H24FN3O. The first-order chi connectivity index (χ1) is 10.0. The van der Waals surface area contributed by atoms with Crippen LogP contribution in [-0.2, 0) is 0 Å². The second-order valence-corrected chi connectivity index (χ2v) is 5.93. The molecule has 2 rings (SSSR count). The van der Waals surface area contributed by atoms with Crippen molar-refractivity contribution in [3.63, 3.8) is 0 Å². The number of hydrogen-bond acceptors (Lipinski definition) is 3. The van der Waals surface area contributed by atoms with E-state index >= 15 is 0 Å². The summed E-state index contributed by atoms with van der Waals surface area (Å²) >= 11 is 0. The van der Waals surface area contributed by atoms with Crippen LogP contribution in [0.3, 0.4) is 0 Å². The van der Waals surface area contributed by atoms with Gasteiger partial charge in [-0.25, -0.2) is 9.37 Å². The summed E-state index contributed by atoms with van der Waals surface area (Å²) in [6.07, 6.45) is 4.44. The third-order valence-electron chi connectivity index (χ3n) is 4.47. The highest BCUT2D eigenvalue weighted by Gasteiger charge is 2.29. The van der Waals surface area contributed by atoms with Gasteiger partial charge in [-0.3, -0.25) is 4.79 Å². The smallest absolute Gasteiger partial charge is 0.255 e. The third kappa shape index (κ3) is 3.71. The first-order valence-electron chi connectivity index (χ1n) is 7.73. The molecule has 1 amide bonds. The van der Waals surface area contributed by atoms with Crippen LogP contribution in [-0.4, -0.2) is 23.5 Å². The third-order valence-corrected chi connectivity index (χ3v) is 4.47. The van der Waals surface area contributed by atoms with Crippen LogP contribution >= 0.6 is 0 Å². The van der Waals surface area contributed by atoms with Gasteiger partial charge in [0.25, 0.3) is 5.91 Å². The van der Waals surface area contributed by atoms with E-state index in [0.29, 0.717) is 24.2 Å². The number of rotatable bonds is 4. The number of carbonyl (C=O) groups excluding carboxylic acids is 1. The molecule has 1 fully saturated rings. The Hall–Kier alpha value is -1.65. The van der Waals surface area contributed by atoms with Gasteiger partial charge in [0.1, 0.15) is 11.6 Å². The lowest BCUT2D eigenvalue weighted by molar-refractivity contribution is 0.0891. The first-order valence-corrected chi connectivity index (χ1v) is 7.73. The molecule has 1 aromatic rings. The standard InChI is InChI=1S/C16H24FN3O/c1-4-18-15-13(8-12(17)9-19-15)16(21)20-14-7-5-6-10(2)11(14)3/h8-11,14H,4-7H2,1-3H3,(H,18,19)(H,20,21). The second kappa shape index (κ2) is 6.87. The maximum absolute atomic E-state index is 13.4.